The number of pyridine rings is 1. The molecule has 0 radical (unpaired) electrons. The van der Waals surface area contributed by atoms with Crippen LogP contribution in [-0.4, -0.2) is 41.0 Å². The Morgan fingerprint density at radius 1 is 1.21 bits per heavy atom. The van der Waals surface area contributed by atoms with Crippen molar-refractivity contribution in [3.8, 4) is 6.07 Å². The number of para-hydroxylation sites is 1. The van der Waals surface area contributed by atoms with Gasteiger partial charge in [-0.3, -0.25) is 4.79 Å². The van der Waals surface area contributed by atoms with E-state index in [1.165, 1.54) is 11.0 Å². The first-order valence-electron chi connectivity index (χ1n) is 9.43. The van der Waals surface area contributed by atoms with Gasteiger partial charge < -0.3 is 9.64 Å². The first-order chi connectivity index (χ1) is 13.5. The highest BCUT2D eigenvalue weighted by molar-refractivity contribution is 5.89. The number of nitriles is 1. The second-order valence-corrected chi connectivity index (χ2v) is 7.03. The van der Waals surface area contributed by atoms with E-state index in [9.17, 15) is 14.9 Å². The second kappa shape index (κ2) is 8.66. The lowest BCUT2D eigenvalue weighted by molar-refractivity contribution is -0.150. The fourth-order valence-corrected chi connectivity index (χ4v) is 3.50. The van der Waals surface area contributed by atoms with Crippen LogP contribution in [0.15, 0.2) is 42.5 Å². The van der Waals surface area contributed by atoms with Crippen molar-refractivity contribution < 1.29 is 14.3 Å². The SMILES string of the molecule is CN(C(=O)COC(=O)C=Cc1ccc2ccccc2n1)C1(C#N)CCCCC1. The minimum absolute atomic E-state index is 0.367. The molecule has 6 nitrogen and oxygen atoms in total. The lowest BCUT2D eigenvalue weighted by atomic mass is 9.81. The molecule has 6 heteroatoms. The lowest BCUT2D eigenvalue weighted by Crippen LogP contribution is -2.51. The first kappa shape index (κ1) is 19.6. The monoisotopic (exact) mass is 377 g/mol. The predicted octanol–water partition coefficient (Wildman–Crippen LogP) is 3.48. The van der Waals surface area contributed by atoms with Gasteiger partial charge in [-0.25, -0.2) is 9.78 Å². The third-order valence-corrected chi connectivity index (χ3v) is 5.25. The van der Waals surface area contributed by atoms with Gasteiger partial charge in [0.05, 0.1) is 17.3 Å². The molecule has 1 aromatic carbocycles. The number of aromatic nitrogens is 1. The molecule has 1 aliphatic carbocycles. The molecular weight excluding hydrogens is 354 g/mol. The predicted molar refractivity (Wildman–Crippen MR) is 106 cm³/mol. The molecule has 1 fully saturated rings. The minimum Gasteiger partial charge on any atom is -0.452 e. The summed E-state index contributed by atoms with van der Waals surface area (Å²) in [7, 11) is 1.61. The zero-order valence-corrected chi connectivity index (χ0v) is 15.9. The maximum atomic E-state index is 12.4. The summed E-state index contributed by atoms with van der Waals surface area (Å²) >= 11 is 0. The Bertz CT molecular complexity index is 939. The first-order valence-corrected chi connectivity index (χ1v) is 9.43. The molecule has 0 N–H and O–H groups in total. The maximum Gasteiger partial charge on any atom is 0.331 e. The number of nitrogens with zero attached hydrogens (tertiary/aromatic N) is 3. The number of hydrogen-bond acceptors (Lipinski definition) is 5. The zero-order chi connectivity index (χ0) is 20.0. The van der Waals surface area contributed by atoms with Gasteiger partial charge >= 0.3 is 5.97 Å². The second-order valence-electron chi connectivity index (χ2n) is 7.03. The smallest absolute Gasteiger partial charge is 0.331 e. The van der Waals surface area contributed by atoms with Crippen molar-refractivity contribution in [3.05, 3.63) is 48.2 Å². The summed E-state index contributed by atoms with van der Waals surface area (Å²) in [5.41, 5.74) is 0.681. The summed E-state index contributed by atoms with van der Waals surface area (Å²) in [6, 6.07) is 13.7. The van der Waals surface area contributed by atoms with Gasteiger partial charge in [-0.15, -0.1) is 0 Å². The largest absolute Gasteiger partial charge is 0.452 e. The molecule has 3 rings (SSSR count). The highest BCUT2D eigenvalue weighted by Gasteiger charge is 2.38. The van der Waals surface area contributed by atoms with E-state index in [0.29, 0.717) is 18.5 Å². The van der Waals surface area contributed by atoms with E-state index in [-0.39, 0.29) is 12.5 Å². The van der Waals surface area contributed by atoms with Crippen LogP contribution in [0.3, 0.4) is 0 Å². The molecule has 0 bridgehead atoms. The Labute approximate surface area is 164 Å². The van der Waals surface area contributed by atoms with Crippen LogP contribution in [0.1, 0.15) is 37.8 Å². The number of fused-ring (bicyclic) bond motifs is 1. The highest BCUT2D eigenvalue weighted by Crippen LogP contribution is 2.32. The summed E-state index contributed by atoms with van der Waals surface area (Å²) in [6.07, 6.45) is 7.05. The van der Waals surface area contributed by atoms with Gasteiger partial charge in [0.2, 0.25) is 0 Å². The summed E-state index contributed by atoms with van der Waals surface area (Å²) < 4.78 is 5.06. The molecule has 0 atom stereocenters. The summed E-state index contributed by atoms with van der Waals surface area (Å²) in [6.45, 7) is -0.381. The van der Waals surface area contributed by atoms with Crippen LogP contribution in [0.4, 0.5) is 0 Å². The zero-order valence-electron chi connectivity index (χ0n) is 15.9. The van der Waals surface area contributed by atoms with Crippen LogP contribution in [0.2, 0.25) is 0 Å². The molecule has 0 saturated heterocycles. The topological polar surface area (TPSA) is 83.3 Å². The molecule has 144 valence electrons. The third-order valence-electron chi connectivity index (χ3n) is 5.25. The molecule has 1 amide bonds. The van der Waals surface area contributed by atoms with Gasteiger partial charge in [0.25, 0.3) is 5.91 Å². The van der Waals surface area contributed by atoms with Crippen molar-refractivity contribution in [1.29, 1.82) is 5.26 Å². The Hall–Kier alpha value is -3.20. The summed E-state index contributed by atoms with van der Waals surface area (Å²) in [5, 5.41) is 10.6. The van der Waals surface area contributed by atoms with Gasteiger partial charge in [-0.05, 0) is 31.1 Å². The Morgan fingerprint density at radius 3 is 2.71 bits per heavy atom. The van der Waals surface area contributed by atoms with Crippen molar-refractivity contribution in [2.45, 2.75) is 37.6 Å². The molecule has 28 heavy (non-hydrogen) atoms. The lowest BCUT2D eigenvalue weighted by Gasteiger charge is -2.38. The molecule has 0 unspecified atom stereocenters. The fourth-order valence-electron chi connectivity index (χ4n) is 3.50. The number of hydrogen-bond donors (Lipinski definition) is 0. The molecule has 1 aromatic heterocycles. The number of carbonyl (C=O) groups excluding carboxylic acids is 2. The quantitative estimate of drug-likeness (QED) is 0.588. The molecular formula is C22H23N3O3. The normalized spacial score (nSPS) is 15.9. The minimum atomic E-state index is -0.785. The Balaban J connectivity index is 1.56. The number of rotatable bonds is 5. The molecule has 0 spiro atoms. The van der Waals surface area contributed by atoms with Gasteiger partial charge in [0.15, 0.2) is 6.61 Å². The average molecular weight is 377 g/mol. The van der Waals surface area contributed by atoms with E-state index in [1.54, 1.807) is 13.1 Å². The summed E-state index contributed by atoms with van der Waals surface area (Å²) in [5.74, 6) is -0.986. The van der Waals surface area contributed by atoms with Crippen LogP contribution in [0, 0.1) is 11.3 Å². The molecule has 2 aromatic rings. The van der Waals surface area contributed by atoms with Crippen molar-refractivity contribution in [3.63, 3.8) is 0 Å². The average Bonchev–Trinajstić information content (AvgIpc) is 2.75. The van der Waals surface area contributed by atoms with Crippen LogP contribution >= 0.6 is 0 Å². The summed E-state index contributed by atoms with van der Waals surface area (Å²) in [4.78, 5) is 30.2. The highest BCUT2D eigenvalue weighted by atomic mass is 16.5. The molecule has 1 aliphatic rings. The van der Waals surface area contributed by atoms with E-state index in [1.807, 2.05) is 36.4 Å². The van der Waals surface area contributed by atoms with Gasteiger partial charge in [0.1, 0.15) is 5.54 Å². The third kappa shape index (κ3) is 4.37. The number of ether oxygens (including phenoxy) is 1. The Morgan fingerprint density at radius 2 is 1.96 bits per heavy atom. The fraction of sp³-hybridized carbons (Fsp3) is 0.364. The van der Waals surface area contributed by atoms with Gasteiger partial charge in [-0.2, -0.15) is 5.26 Å². The van der Waals surface area contributed by atoms with Crippen LogP contribution in [0.25, 0.3) is 17.0 Å². The number of carbonyl (C=O) groups is 2. The van der Waals surface area contributed by atoms with E-state index in [2.05, 4.69) is 11.1 Å². The van der Waals surface area contributed by atoms with Crippen molar-refractivity contribution >= 4 is 28.9 Å². The van der Waals surface area contributed by atoms with Crippen molar-refractivity contribution in [2.75, 3.05) is 13.7 Å². The van der Waals surface area contributed by atoms with Crippen LogP contribution < -0.4 is 0 Å². The van der Waals surface area contributed by atoms with E-state index in [0.717, 1.165) is 30.2 Å². The number of esters is 1. The van der Waals surface area contributed by atoms with Gasteiger partial charge in [-0.1, -0.05) is 43.5 Å². The molecule has 1 saturated carbocycles. The Kier molecular flexibility index (Phi) is 6.05. The van der Waals surface area contributed by atoms with E-state index in [4.69, 9.17) is 4.74 Å². The van der Waals surface area contributed by atoms with Crippen molar-refractivity contribution in [2.24, 2.45) is 0 Å². The van der Waals surface area contributed by atoms with E-state index >= 15 is 0 Å². The maximum absolute atomic E-state index is 12.4. The van der Waals surface area contributed by atoms with Crippen molar-refractivity contribution in [1.82, 2.24) is 9.88 Å². The number of amides is 1. The standard InChI is InChI=1S/C22H23N3O3/c1-25(22(16-23)13-5-2-6-14-22)20(26)15-28-21(27)12-11-18-10-9-17-7-3-4-8-19(17)24-18/h3-4,7-12H,2,5-6,13-15H2,1H3. The van der Waals surface area contributed by atoms with Gasteiger partial charge in [0, 0.05) is 18.5 Å². The molecule has 1 heterocycles. The van der Waals surface area contributed by atoms with Crippen LogP contribution in [0.5, 0.6) is 0 Å². The van der Waals surface area contributed by atoms with E-state index < -0.39 is 11.5 Å². The van der Waals surface area contributed by atoms with Crippen LogP contribution in [-0.2, 0) is 14.3 Å². The number of benzene rings is 1. The molecule has 0 aliphatic heterocycles. The number of likely N-dealkylation sites (N-methyl/N-ethyl adjacent to an activating group) is 1.